The normalized spacial score (nSPS) is 10.6. The maximum atomic E-state index is 12.1. The zero-order valence-corrected chi connectivity index (χ0v) is 12.2. The van der Waals surface area contributed by atoms with E-state index in [1.54, 1.807) is 6.07 Å². The van der Waals surface area contributed by atoms with Gasteiger partial charge in [-0.3, -0.25) is 14.8 Å². The molecule has 0 saturated carbocycles. The number of carbonyl (C=O) groups excluding carboxylic acids is 1. The van der Waals surface area contributed by atoms with Crippen molar-refractivity contribution >= 4 is 11.9 Å². The lowest BCUT2D eigenvalue weighted by Gasteiger charge is -2.07. The molecule has 0 spiro atoms. The molecule has 2 heterocycles. The number of tetrazole rings is 1. The smallest absolute Gasteiger partial charge is 0.270 e. The molecule has 3 rings (SSSR count). The van der Waals surface area contributed by atoms with Crippen LogP contribution in [0.4, 0.5) is 5.95 Å². The average molecular weight is 297 g/mol. The second kappa shape index (κ2) is 5.76. The Morgan fingerprint density at radius 1 is 1.32 bits per heavy atom. The van der Waals surface area contributed by atoms with Crippen LogP contribution < -0.4 is 5.32 Å². The van der Waals surface area contributed by atoms with Crippen molar-refractivity contribution in [3.8, 4) is 0 Å². The summed E-state index contributed by atoms with van der Waals surface area (Å²) >= 11 is 0. The second-order valence-electron chi connectivity index (χ2n) is 4.97. The third-order valence-corrected chi connectivity index (χ3v) is 3.20. The van der Waals surface area contributed by atoms with E-state index in [0.717, 1.165) is 17.0 Å². The maximum absolute atomic E-state index is 12.1. The molecule has 0 aliphatic carbocycles. The maximum Gasteiger partial charge on any atom is 0.270 e. The average Bonchev–Trinajstić information content (AvgIpc) is 3.09. The Morgan fingerprint density at radius 3 is 2.86 bits per heavy atom. The Bertz CT molecular complexity index is 791. The van der Waals surface area contributed by atoms with Crippen LogP contribution >= 0.6 is 0 Å². The van der Waals surface area contributed by atoms with Crippen molar-refractivity contribution in [2.24, 2.45) is 0 Å². The molecule has 0 fully saturated rings. The first-order chi connectivity index (χ1) is 10.6. The van der Waals surface area contributed by atoms with E-state index in [1.165, 1.54) is 0 Å². The van der Waals surface area contributed by atoms with Gasteiger partial charge in [-0.05, 0) is 42.8 Å². The Hall–Kier alpha value is -3.03. The minimum Gasteiger partial charge on any atom is -0.288 e. The molecular weight excluding hydrogens is 282 g/mol. The Kier molecular flexibility index (Phi) is 3.65. The van der Waals surface area contributed by atoms with Crippen LogP contribution in [0.1, 0.15) is 27.3 Å². The number of amides is 1. The molecular formula is C14H15N7O. The Labute approximate surface area is 126 Å². The van der Waals surface area contributed by atoms with Crippen LogP contribution in [0.25, 0.3) is 0 Å². The van der Waals surface area contributed by atoms with Gasteiger partial charge in [-0.2, -0.15) is 10.3 Å². The van der Waals surface area contributed by atoms with E-state index in [4.69, 9.17) is 0 Å². The summed E-state index contributed by atoms with van der Waals surface area (Å²) in [5, 5.41) is 20.1. The van der Waals surface area contributed by atoms with Crippen molar-refractivity contribution in [2.75, 3.05) is 5.32 Å². The largest absolute Gasteiger partial charge is 0.288 e. The molecule has 2 N–H and O–H groups in total. The lowest BCUT2D eigenvalue weighted by Crippen LogP contribution is -2.14. The summed E-state index contributed by atoms with van der Waals surface area (Å²) in [4.78, 5) is 12.1. The molecule has 0 unspecified atom stereocenters. The Balaban J connectivity index is 1.77. The molecule has 0 aliphatic rings. The third kappa shape index (κ3) is 3.00. The number of hydrogen-bond acceptors (Lipinski definition) is 5. The zero-order chi connectivity index (χ0) is 15.5. The number of aromatic nitrogens is 6. The predicted octanol–water partition coefficient (Wildman–Crippen LogP) is 1.31. The van der Waals surface area contributed by atoms with Gasteiger partial charge in [-0.1, -0.05) is 17.2 Å². The Morgan fingerprint density at radius 2 is 2.18 bits per heavy atom. The third-order valence-electron chi connectivity index (χ3n) is 3.20. The molecule has 3 aromatic rings. The lowest BCUT2D eigenvalue weighted by atomic mass is 10.1. The number of benzene rings is 1. The van der Waals surface area contributed by atoms with Gasteiger partial charge in [0.15, 0.2) is 0 Å². The van der Waals surface area contributed by atoms with Gasteiger partial charge in [0, 0.05) is 11.3 Å². The van der Waals surface area contributed by atoms with Crippen molar-refractivity contribution in [3.05, 3.63) is 52.8 Å². The number of anilines is 1. The molecule has 0 radical (unpaired) electrons. The van der Waals surface area contributed by atoms with Gasteiger partial charge in [-0.25, -0.2) is 0 Å². The van der Waals surface area contributed by atoms with Gasteiger partial charge in [0.05, 0.1) is 12.2 Å². The highest BCUT2D eigenvalue weighted by Gasteiger charge is 2.10. The van der Waals surface area contributed by atoms with E-state index < -0.39 is 0 Å². The highest BCUT2D eigenvalue weighted by Crippen LogP contribution is 2.11. The first-order valence-corrected chi connectivity index (χ1v) is 6.76. The SMILES string of the molecule is Cc1cc(C)n(Cc2cccc(C(=O)Nc3nn[nH]n3)c2)n1. The number of nitrogens with one attached hydrogen (secondary N) is 2. The topological polar surface area (TPSA) is 101 Å². The predicted molar refractivity (Wildman–Crippen MR) is 79.4 cm³/mol. The van der Waals surface area contributed by atoms with E-state index in [1.807, 2.05) is 42.8 Å². The fourth-order valence-corrected chi connectivity index (χ4v) is 2.21. The number of aryl methyl sites for hydroxylation is 2. The molecule has 2 aromatic heterocycles. The summed E-state index contributed by atoms with van der Waals surface area (Å²) < 4.78 is 1.91. The molecule has 0 aliphatic heterocycles. The number of rotatable bonds is 4. The number of hydrogen-bond donors (Lipinski definition) is 2. The summed E-state index contributed by atoms with van der Waals surface area (Å²) in [5.41, 5.74) is 3.58. The van der Waals surface area contributed by atoms with Gasteiger partial charge in [-0.15, -0.1) is 5.10 Å². The fraction of sp³-hybridized carbons (Fsp3) is 0.214. The minimum atomic E-state index is -0.281. The van der Waals surface area contributed by atoms with Gasteiger partial charge < -0.3 is 0 Å². The minimum absolute atomic E-state index is 0.147. The van der Waals surface area contributed by atoms with Crippen LogP contribution in [0.2, 0.25) is 0 Å². The molecule has 8 nitrogen and oxygen atoms in total. The first kappa shape index (κ1) is 13.9. The standard InChI is InChI=1S/C14H15N7O/c1-9-6-10(2)21(18-9)8-11-4-3-5-12(7-11)13(22)15-14-16-19-20-17-14/h3-7H,8H2,1-2H3,(H2,15,16,17,19,20,22). The van der Waals surface area contributed by atoms with Crippen LogP contribution in [0.15, 0.2) is 30.3 Å². The molecule has 0 atom stereocenters. The molecule has 0 saturated heterocycles. The van der Waals surface area contributed by atoms with Crippen LogP contribution in [0, 0.1) is 13.8 Å². The van der Waals surface area contributed by atoms with Gasteiger partial charge >= 0.3 is 0 Å². The summed E-state index contributed by atoms with van der Waals surface area (Å²) in [6.45, 7) is 4.58. The van der Waals surface area contributed by atoms with Crippen LogP contribution in [-0.4, -0.2) is 36.3 Å². The van der Waals surface area contributed by atoms with Crippen LogP contribution in [-0.2, 0) is 6.54 Å². The number of aromatic amines is 1. The number of H-pyrrole nitrogens is 1. The quantitative estimate of drug-likeness (QED) is 0.756. The zero-order valence-electron chi connectivity index (χ0n) is 12.2. The van der Waals surface area contributed by atoms with Crippen molar-refractivity contribution < 1.29 is 4.79 Å². The van der Waals surface area contributed by atoms with Gasteiger partial charge in [0.25, 0.3) is 11.9 Å². The highest BCUT2D eigenvalue weighted by atomic mass is 16.1. The summed E-state index contributed by atoms with van der Waals surface area (Å²) in [5.74, 6) is -0.134. The molecule has 8 heteroatoms. The van der Waals surface area contributed by atoms with E-state index in [0.29, 0.717) is 12.1 Å². The lowest BCUT2D eigenvalue weighted by molar-refractivity contribution is 0.102. The monoisotopic (exact) mass is 297 g/mol. The highest BCUT2D eigenvalue weighted by molar-refractivity contribution is 6.03. The van der Waals surface area contributed by atoms with Crippen molar-refractivity contribution in [1.82, 2.24) is 30.4 Å². The van der Waals surface area contributed by atoms with Crippen LogP contribution in [0.3, 0.4) is 0 Å². The first-order valence-electron chi connectivity index (χ1n) is 6.76. The molecule has 22 heavy (non-hydrogen) atoms. The van der Waals surface area contributed by atoms with Crippen molar-refractivity contribution in [1.29, 1.82) is 0 Å². The summed E-state index contributed by atoms with van der Waals surface area (Å²) in [6.07, 6.45) is 0. The molecule has 112 valence electrons. The fourth-order valence-electron chi connectivity index (χ4n) is 2.21. The van der Waals surface area contributed by atoms with Crippen molar-refractivity contribution in [3.63, 3.8) is 0 Å². The van der Waals surface area contributed by atoms with Gasteiger partial charge in [0.1, 0.15) is 0 Å². The molecule has 1 amide bonds. The molecule has 1 aromatic carbocycles. The van der Waals surface area contributed by atoms with E-state index in [9.17, 15) is 4.79 Å². The van der Waals surface area contributed by atoms with Crippen molar-refractivity contribution in [2.45, 2.75) is 20.4 Å². The van der Waals surface area contributed by atoms with Crippen LogP contribution in [0.5, 0.6) is 0 Å². The summed E-state index contributed by atoms with van der Waals surface area (Å²) in [6, 6.07) is 9.38. The second-order valence-corrected chi connectivity index (χ2v) is 4.97. The van der Waals surface area contributed by atoms with E-state index in [2.05, 4.69) is 31.0 Å². The van der Waals surface area contributed by atoms with E-state index >= 15 is 0 Å². The number of nitrogens with zero attached hydrogens (tertiary/aromatic N) is 5. The molecule has 0 bridgehead atoms. The van der Waals surface area contributed by atoms with E-state index in [-0.39, 0.29) is 11.9 Å². The van der Waals surface area contributed by atoms with Gasteiger partial charge in [0.2, 0.25) is 0 Å². The summed E-state index contributed by atoms with van der Waals surface area (Å²) in [7, 11) is 0. The number of carbonyl (C=O) groups is 1.